The van der Waals surface area contributed by atoms with Gasteiger partial charge >= 0.3 is 0 Å². The van der Waals surface area contributed by atoms with Crippen molar-refractivity contribution in [1.82, 2.24) is 15.0 Å². The van der Waals surface area contributed by atoms with E-state index in [-0.39, 0.29) is 17.7 Å². The summed E-state index contributed by atoms with van der Waals surface area (Å²) >= 11 is 0. The molecule has 0 saturated heterocycles. The average molecular weight is 466 g/mol. The molecule has 1 saturated carbocycles. The van der Waals surface area contributed by atoms with Gasteiger partial charge < -0.3 is 15.6 Å². The van der Waals surface area contributed by atoms with Crippen LogP contribution in [0.3, 0.4) is 0 Å². The van der Waals surface area contributed by atoms with E-state index in [1.54, 1.807) is 24.4 Å². The average Bonchev–Trinajstić information content (AvgIpc) is 3.42. The van der Waals surface area contributed by atoms with Crippen LogP contribution in [0.1, 0.15) is 35.7 Å². The van der Waals surface area contributed by atoms with Crippen LogP contribution in [0.2, 0.25) is 0 Å². The fourth-order valence-electron chi connectivity index (χ4n) is 4.48. The normalized spacial score (nSPS) is 17.5. The molecule has 1 aliphatic rings. The second kappa shape index (κ2) is 9.18. The molecule has 5 rings (SSSR count). The number of rotatable bonds is 5. The van der Waals surface area contributed by atoms with Crippen LogP contribution in [0.4, 0.5) is 11.5 Å². The number of nitrogens with zero attached hydrogens (tertiary/aromatic N) is 2. The third-order valence-corrected chi connectivity index (χ3v) is 6.41. The lowest BCUT2D eigenvalue weighted by Crippen LogP contribution is -2.21. The Hall–Kier alpha value is -4.26. The van der Waals surface area contributed by atoms with Crippen molar-refractivity contribution in [3.05, 3.63) is 84.1 Å². The minimum Gasteiger partial charge on any atom is -0.337 e. The standard InChI is InChI=1S/C28H27N5O2/c1-16-4-6-20(7-5-16)27(34)33-25-14-23-24(15-29-25)32-26(31-23)19-8-10-21(11-9-19)30-28(35)22-13-17(2)12-18(22)3/h4-11,14-15,17,22H,3,12-13H2,1-2H3,(H,30,35)(H,31,32)(H,29,33,34). The van der Waals surface area contributed by atoms with Crippen molar-refractivity contribution >= 4 is 34.4 Å². The maximum atomic E-state index is 12.6. The zero-order valence-corrected chi connectivity index (χ0v) is 19.8. The summed E-state index contributed by atoms with van der Waals surface area (Å²) in [6.07, 6.45) is 3.42. The molecule has 2 aromatic heterocycles. The van der Waals surface area contributed by atoms with Gasteiger partial charge in [0.1, 0.15) is 11.6 Å². The molecule has 2 amide bonds. The lowest BCUT2D eigenvalue weighted by molar-refractivity contribution is -0.118. The first-order chi connectivity index (χ1) is 16.9. The lowest BCUT2D eigenvalue weighted by atomic mass is 10.0. The van der Waals surface area contributed by atoms with E-state index >= 15 is 0 Å². The van der Waals surface area contributed by atoms with Gasteiger partial charge in [-0.15, -0.1) is 0 Å². The first-order valence-corrected chi connectivity index (χ1v) is 11.7. The van der Waals surface area contributed by atoms with Crippen molar-refractivity contribution in [2.45, 2.75) is 26.7 Å². The van der Waals surface area contributed by atoms with Crippen molar-refractivity contribution in [3.63, 3.8) is 0 Å². The van der Waals surface area contributed by atoms with E-state index in [1.807, 2.05) is 43.3 Å². The second-order valence-corrected chi connectivity index (χ2v) is 9.31. The van der Waals surface area contributed by atoms with Crippen molar-refractivity contribution in [1.29, 1.82) is 0 Å². The highest BCUT2D eigenvalue weighted by Gasteiger charge is 2.30. The number of carbonyl (C=O) groups is 2. The number of anilines is 2. The number of aromatic amines is 1. The minimum absolute atomic E-state index is 0.00197. The Morgan fingerprint density at radius 2 is 1.80 bits per heavy atom. The molecule has 2 unspecified atom stereocenters. The number of fused-ring (bicyclic) bond motifs is 1. The van der Waals surface area contributed by atoms with Crippen molar-refractivity contribution in [2.75, 3.05) is 10.6 Å². The summed E-state index contributed by atoms with van der Waals surface area (Å²) in [7, 11) is 0. The van der Waals surface area contributed by atoms with Crippen LogP contribution in [0.15, 0.2) is 72.9 Å². The van der Waals surface area contributed by atoms with Crippen molar-refractivity contribution in [2.24, 2.45) is 11.8 Å². The number of hydrogen-bond donors (Lipinski definition) is 3. The zero-order valence-electron chi connectivity index (χ0n) is 19.8. The number of pyridine rings is 1. The molecule has 0 radical (unpaired) electrons. The summed E-state index contributed by atoms with van der Waals surface area (Å²) in [5.74, 6) is 1.28. The molecule has 0 aliphatic heterocycles. The Kier molecular flexibility index (Phi) is 5.91. The Balaban J connectivity index is 1.28. The molecule has 3 N–H and O–H groups in total. The first-order valence-electron chi connectivity index (χ1n) is 11.7. The molecular formula is C28H27N5O2. The summed E-state index contributed by atoms with van der Waals surface area (Å²) < 4.78 is 0. The SMILES string of the molecule is C=C1CC(C)CC1C(=O)Nc1ccc(-c2nc3cc(NC(=O)c4ccc(C)cc4)ncc3[nH]2)cc1. The fourth-order valence-corrected chi connectivity index (χ4v) is 4.48. The molecule has 7 heteroatoms. The zero-order chi connectivity index (χ0) is 24.5. The maximum Gasteiger partial charge on any atom is 0.256 e. The van der Waals surface area contributed by atoms with E-state index in [4.69, 9.17) is 0 Å². The number of aryl methyl sites for hydroxylation is 1. The molecule has 1 aliphatic carbocycles. The van der Waals surface area contributed by atoms with E-state index in [2.05, 4.69) is 39.1 Å². The van der Waals surface area contributed by atoms with Crippen LogP contribution in [-0.4, -0.2) is 26.8 Å². The maximum absolute atomic E-state index is 12.6. The number of hydrogen-bond acceptors (Lipinski definition) is 4. The molecule has 7 nitrogen and oxygen atoms in total. The summed E-state index contributed by atoms with van der Waals surface area (Å²) in [5, 5.41) is 5.82. The quantitative estimate of drug-likeness (QED) is 0.328. The number of nitrogens with one attached hydrogen (secondary N) is 3. The smallest absolute Gasteiger partial charge is 0.256 e. The molecule has 0 bridgehead atoms. The highest BCUT2D eigenvalue weighted by molar-refractivity contribution is 6.04. The van der Waals surface area contributed by atoms with Gasteiger partial charge in [0.15, 0.2) is 0 Å². The van der Waals surface area contributed by atoms with Crippen LogP contribution >= 0.6 is 0 Å². The van der Waals surface area contributed by atoms with E-state index in [0.29, 0.717) is 28.6 Å². The Morgan fingerprint density at radius 3 is 2.49 bits per heavy atom. The number of H-pyrrole nitrogens is 1. The van der Waals surface area contributed by atoms with Gasteiger partial charge in [0, 0.05) is 22.9 Å². The van der Waals surface area contributed by atoms with Crippen LogP contribution in [-0.2, 0) is 4.79 Å². The van der Waals surface area contributed by atoms with Crippen LogP contribution in [0.25, 0.3) is 22.4 Å². The second-order valence-electron chi connectivity index (χ2n) is 9.31. The van der Waals surface area contributed by atoms with Crippen molar-refractivity contribution in [3.8, 4) is 11.4 Å². The van der Waals surface area contributed by atoms with Crippen LogP contribution < -0.4 is 10.6 Å². The van der Waals surface area contributed by atoms with E-state index in [0.717, 1.165) is 40.7 Å². The molecule has 2 atom stereocenters. The first kappa shape index (κ1) is 22.5. The number of imidazole rings is 1. The molecule has 176 valence electrons. The Labute approximate surface area is 203 Å². The molecule has 1 fully saturated rings. The number of benzene rings is 2. The summed E-state index contributed by atoms with van der Waals surface area (Å²) in [4.78, 5) is 37.4. The van der Waals surface area contributed by atoms with E-state index < -0.39 is 0 Å². The molecule has 2 aromatic carbocycles. The molecular weight excluding hydrogens is 438 g/mol. The van der Waals surface area contributed by atoms with Crippen LogP contribution in [0.5, 0.6) is 0 Å². The monoisotopic (exact) mass is 465 g/mol. The number of amides is 2. The van der Waals surface area contributed by atoms with Gasteiger partial charge in [-0.1, -0.05) is 36.8 Å². The van der Waals surface area contributed by atoms with E-state index in [1.165, 1.54) is 0 Å². The molecule has 2 heterocycles. The largest absolute Gasteiger partial charge is 0.337 e. The molecule has 0 spiro atoms. The lowest BCUT2D eigenvalue weighted by Gasteiger charge is -2.12. The van der Waals surface area contributed by atoms with Gasteiger partial charge in [0.05, 0.1) is 23.1 Å². The van der Waals surface area contributed by atoms with Gasteiger partial charge in [0.25, 0.3) is 5.91 Å². The van der Waals surface area contributed by atoms with Gasteiger partial charge in [-0.05, 0) is 62.1 Å². The predicted molar refractivity (Wildman–Crippen MR) is 138 cm³/mol. The number of aromatic nitrogens is 3. The van der Waals surface area contributed by atoms with Gasteiger partial charge in [-0.2, -0.15) is 0 Å². The minimum atomic E-state index is -0.221. The highest BCUT2D eigenvalue weighted by atomic mass is 16.2. The Morgan fingerprint density at radius 1 is 1.06 bits per heavy atom. The third-order valence-electron chi connectivity index (χ3n) is 6.41. The summed E-state index contributed by atoms with van der Waals surface area (Å²) in [5.41, 5.74) is 5.75. The summed E-state index contributed by atoms with van der Waals surface area (Å²) in [6.45, 7) is 8.19. The van der Waals surface area contributed by atoms with Gasteiger partial charge in [0.2, 0.25) is 5.91 Å². The predicted octanol–water partition coefficient (Wildman–Crippen LogP) is 5.73. The van der Waals surface area contributed by atoms with Crippen LogP contribution in [0, 0.1) is 18.8 Å². The van der Waals surface area contributed by atoms with E-state index in [9.17, 15) is 9.59 Å². The third kappa shape index (κ3) is 4.84. The summed E-state index contributed by atoms with van der Waals surface area (Å²) in [6, 6.07) is 16.7. The Bertz CT molecular complexity index is 1420. The van der Waals surface area contributed by atoms with Crippen molar-refractivity contribution < 1.29 is 9.59 Å². The topological polar surface area (TPSA) is 99.8 Å². The molecule has 4 aromatic rings. The molecule has 35 heavy (non-hydrogen) atoms. The van der Waals surface area contributed by atoms with Gasteiger partial charge in [-0.25, -0.2) is 9.97 Å². The highest BCUT2D eigenvalue weighted by Crippen LogP contribution is 2.35. The van der Waals surface area contributed by atoms with Gasteiger partial charge in [-0.3, -0.25) is 9.59 Å². The number of carbonyl (C=O) groups excluding carboxylic acids is 2. The fraction of sp³-hybridized carbons (Fsp3) is 0.214.